The average molecular weight is 267 g/mol. The second-order valence-electron chi connectivity index (χ2n) is 6.50. The SMILES string of the molecule is CC(C)NC1(C#N)CCCN(C(=O)OC(C)(C)C)C1. The lowest BCUT2D eigenvalue weighted by molar-refractivity contribution is 0.0146. The van der Waals surface area contributed by atoms with Gasteiger partial charge in [0.1, 0.15) is 11.1 Å². The molecule has 19 heavy (non-hydrogen) atoms. The molecule has 1 aliphatic heterocycles. The Kier molecular flexibility index (Phi) is 4.81. The Morgan fingerprint density at radius 2 is 2.11 bits per heavy atom. The van der Waals surface area contributed by atoms with Gasteiger partial charge in [0.2, 0.25) is 0 Å². The molecule has 1 unspecified atom stereocenters. The number of rotatable bonds is 2. The van der Waals surface area contributed by atoms with E-state index in [2.05, 4.69) is 11.4 Å². The topological polar surface area (TPSA) is 65.4 Å². The molecule has 5 heteroatoms. The molecule has 0 aliphatic carbocycles. The molecule has 0 spiro atoms. The number of nitriles is 1. The maximum atomic E-state index is 12.1. The van der Waals surface area contributed by atoms with Gasteiger partial charge in [-0.15, -0.1) is 0 Å². The fourth-order valence-electron chi connectivity index (χ4n) is 2.33. The number of piperidine rings is 1. The molecule has 1 N–H and O–H groups in total. The summed E-state index contributed by atoms with van der Waals surface area (Å²) in [7, 11) is 0. The zero-order valence-corrected chi connectivity index (χ0v) is 12.6. The summed E-state index contributed by atoms with van der Waals surface area (Å²) < 4.78 is 5.37. The molecular weight excluding hydrogens is 242 g/mol. The third-order valence-corrected chi connectivity index (χ3v) is 2.92. The lowest BCUT2D eigenvalue weighted by Gasteiger charge is -2.40. The zero-order chi connectivity index (χ0) is 14.7. The molecule has 1 heterocycles. The second kappa shape index (κ2) is 5.79. The molecule has 1 amide bonds. The van der Waals surface area contributed by atoms with Crippen LogP contribution in [0.5, 0.6) is 0 Å². The van der Waals surface area contributed by atoms with E-state index < -0.39 is 11.1 Å². The molecule has 1 rings (SSSR count). The predicted molar refractivity (Wildman–Crippen MR) is 73.7 cm³/mol. The number of nitrogens with zero attached hydrogens (tertiary/aromatic N) is 2. The molecule has 1 fully saturated rings. The van der Waals surface area contributed by atoms with Crippen LogP contribution in [-0.4, -0.2) is 41.3 Å². The minimum Gasteiger partial charge on any atom is -0.444 e. The van der Waals surface area contributed by atoms with E-state index in [1.807, 2.05) is 34.6 Å². The van der Waals surface area contributed by atoms with Gasteiger partial charge in [0.25, 0.3) is 0 Å². The number of hydrogen-bond acceptors (Lipinski definition) is 4. The molecule has 0 radical (unpaired) electrons. The van der Waals surface area contributed by atoms with Crippen molar-refractivity contribution in [2.45, 2.75) is 64.6 Å². The average Bonchev–Trinajstić information content (AvgIpc) is 2.26. The van der Waals surface area contributed by atoms with Crippen molar-refractivity contribution in [1.82, 2.24) is 10.2 Å². The molecule has 1 aliphatic rings. The molecule has 1 saturated heterocycles. The first-order chi connectivity index (χ1) is 8.67. The first-order valence-corrected chi connectivity index (χ1v) is 6.84. The summed E-state index contributed by atoms with van der Waals surface area (Å²) in [4.78, 5) is 13.7. The maximum Gasteiger partial charge on any atom is 0.410 e. The quantitative estimate of drug-likeness (QED) is 0.833. The fourth-order valence-corrected chi connectivity index (χ4v) is 2.33. The molecule has 0 saturated carbocycles. The predicted octanol–water partition coefficient (Wildman–Crippen LogP) is 2.28. The van der Waals surface area contributed by atoms with E-state index in [-0.39, 0.29) is 12.1 Å². The minimum atomic E-state index is -0.649. The molecule has 0 aromatic carbocycles. The van der Waals surface area contributed by atoms with Crippen LogP contribution in [0, 0.1) is 11.3 Å². The summed E-state index contributed by atoms with van der Waals surface area (Å²) >= 11 is 0. The highest BCUT2D eigenvalue weighted by molar-refractivity contribution is 5.68. The van der Waals surface area contributed by atoms with Crippen LogP contribution in [0.25, 0.3) is 0 Å². The number of carbonyl (C=O) groups is 1. The van der Waals surface area contributed by atoms with Crippen molar-refractivity contribution in [1.29, 1.82) is 5.26 Å². The summed E-state index contributed by atoms with van der Waals surface area (Å²) in [5.41, 5.74) is -1.15. The number of likely N-dealkylation sites (tertiary alicyclic amines) is 1. The molecule has 0 aromatic heterocycles. The van der Waals surface area contributed by atoms with Crippen molar-refractivity contribution >= 4 is 6.09 Å². The van der Waals surface area contributed by atoms with Crippen molar-refractivity contribution in [2.75, 3.05) is 13.1 Å². The maximum absolute atomic E-state index is 12.1. The van der Waals surface area contributed by atoms with Crippen LogP contribution in [0.1, 0.15) is 47.5 Å². The molecule has 0 bridgehead atoms. The number of nitrogens with one attached hydrogen (secondary N) is 1. The molecular formula is C14H25N3O2. The van der Waals surface area contributed by atoms with Crippen LogP contribution in [0.3, 0.4) is 0 Å². The second-order valence-corrected chi connectivity index (χ2v) is 6.50. The number of carbonyl (C=O) groups excluding carboxylic acids is 1. The van der Waals surface area contributed by atoms with Crippen LogP contribution in [0.15, 0.2) is 0 Å². The van der Waals surface area contributed by atoms with Crippen molar-refractivity contribution < 1.29 is 9.53 Å². The van der Waals surface area contributed by atoms with Gasteiger partial charge in [-0.2, -0.15) is 5.26 Å². The first kappa shape index (κ1) is 15.8. The Morgan fingerprint density at radius 1 is 1.47 bits per heavy atom. The summed E-state index contributed by atoms with van der Waals surface area (Å²) in [5.74, 6) is 0. The molecule has 1 atom stereocenters. The standard InChI is InChI=1S/C14H25N3O2/c1-11(2)16-14(9-15)7-6-8-17(10-14)12(18)19-13(3,4)5/h11,16H,6-8,10H2,1-5H3. The first-order valence-electron chi connectivity index (χ1n) is 6.84. The van der Waals surface area contributed by atoms with E-state index in [1.165, 1.54) is 0 Å². The van der Waals surface area contributed by atoms with Crippen molar-refractivity contribution in [3.8, 4) is 6.07 Å². The van der Waals surface area contributed by atoms with E-state index >= 15 is 0 Å². The van der Waals surface area contributed by atoms with Crippen molar-refractivity contribution in [3.05, 3.63) is 0 Å². The van der Waals surface area contributed by atoms with E-state index in [9.17, 15) is 10.1 Å². The van der Waals surface area contributed by atoms with Gasteiger partial charge in [0.15, 0.2) is 0 Å². The Bertz CT molecular complexity index is 368. The third-order valence-electron chi connectivity index (χ3n) is 2.92. The van der Waals surface area contributed by atoms with Crippen molar-refractivity contribution in [3.63, 3.8) is 0 Å². The number of ether oxygens (including phenoxy) is 1. The summed E-state index contributed by atoms with van der Waals surface area (Å²) in [6.07, 6.45) is 1.24. The highest BCUT2D eigenvalue weighted by Crippen LogP contribution is 2.23. The largest absolute Gasteiger partial charge is 0.444 e. The molecule has 5 nitrogen and oxygen atoms in total. The van der Waals surface area contributed by atoms with E-state index in [0.29, 0.717) is 13.1 Å². The molecule has 0 aromatic rings. The third kappa shape index (κ3) is 4.71. The fraction of sp³-hybridized carbons (Fsp3) is 0.857. The highest BCUT2D eigenvalue weighted by Gasteiger charge is 2.38. The van der Waals surface area contributed by atoms with Gasteiger partial charge in [-0.25, -0.2) is 4.79 Å². The normalized spacial score (nSPS) is 24.2. The number of amides is 1. The Labute approximate surface area is 115 Å². The monoisotopic (exact) mass is 267 g/mol. The lowest BCUT2D eigenvalue weighted by Crippen LogP contribution is -2.59. The summed E-state index contributed by atoms with van der Waals surface area (Å²) in [5, 5.41) is 12.7. The van der Waals surface area contributed by atoms with E-state index in [4.69, 9.17) is 4.74 Å². The van der Waals surface area contributed by atoms with Gasteiger partial charge in [-0.1, -0.05) is 0 Å². The van der Waals surface area contributed by atoms with E-state index in [1.54, 1.807) is 4.90 Å². The van der Waals surface area contributed by atoms with Crippen LogP contribution in [0.2, 0.25) is 0 Å². The van der Waals surface area contributed by atoms with Gasteiger partial charge in [0, 0.05) is 12.6 Å². The summed E-state index contributed by atoms with van der Waals surface area (Å²) in [6, 6.07) is 2.54. The van der Waals surface area contributed by atoms with Crippen LogP contribution in [0.4, 0.5) is 4.79 Å². The lowest BCUT2D eigenvalue weighted by atomic mass is 9.90. The van der Waals surface area contributed by atoms with Crippen LogP contribution >= 0.6 is 0 Å². The van der Waals surface area contributed by atoms with Crippen LogP contribution in [-0.2, 0) is 4.74 Å². The number of hydrogen-bond donors (Lipinski definition) is 1. The summed E-state index contributed by atoms with van der Waals surface area (Å²) in [6.45, 7) is 10.6. The molecule has 108 valence electrons. The van der Waals surface area contributed by atoms with Gasteiger partial charge in [-0.05, 0) is 47.5 Å². The van der Waals surface area contributed by atoms with E-state index in [0.717, 1.165) is 12.8 Å². The van der Waals surface area contributed by atoms with Gasteiger partial charge in [-0.3, -0.25) is 5.32 Å². The smallest absolute Gasteiger partial charge is 0.410 e. The Morgan fingerprint density at radius 3 is 2.58 bits per heavy atom. The van der Waals surface area contributed by atoms with Gasteiger partial charge in [0.05, 0.1) is 12.6 Å². The van der Waals surface area contributed by atoms with Crippen molar-refractivity contribution in [2.24, 2.45) is 0 Å². The van der Waals surface area contributed by atoms with Crippen LogP contribution < -0.4 is 5.32 Å². The zero-order valence-electron chi connectivity index (χ0n) is 12.6. The Hall–Kier alpha value is -1.28. The van der Waals surface area contributed by atoms with Gasteiger partial charge >= 0.3 is 6.09 Å². The van der Waals surface area contributed by atoms with Gasteiger partial charge < -0.3 is 9.64 Å². The Balaban J connectivity index is 2.73. The minimum absolute atomic E-state index is 0.207. The highest BCUT2D eigenvalue weighted by atomic mass is 16.6.